The van der Waals surface area contributed by atoms with Crippen molar-refractivity contribution in [2.45, 2.75) is 32.6 Å². The average molecular weight is 511 g/mol. The summed E-state index contributed by atoms with van der Waals surface area (Å²) in [4.78, 5) is 39.2. The van der Waals surface area contributed by atoms with Crippen molar-refractivity contribution in [2.24, 2.45) is 5.92 Å². The Morgan fingerprint density at radius 2 is 1.57 bits per heavy atom. The Morgan fingerprint density at radius 3 is 2.14 bits per heavy atom. The van der Waals surface area contributed by atoms with Crippen LogP contribution in [0.4, 0.5) is 18.9 Å². The second-order valence-corrected chi connectivity index (χ2v) is 9.12. The van der Waals surface area contributed by atoms with Crippen LogP contribution in [0.25, 0.3) is 11.1 Å². The Labute approximate surface area is 212 Å². The molecular weight excluding hydrogens is 485 g/mol. The fourth-order valence-corrected chi connectivity index (χ4v) is 4.39. The van der Waals surface area contributed by atoms with Gasteiger partial charge in [0.2, 0.25) is 0 Å². The molecule has 0 aliphatic carbocycles. The van der Waals surface area contributed by atoms with Crippen LogP contribution in [-0.2, 0) is 22.3 Å². The van der Waals surface area contributed by atoms with Crippen LogP contribution in [0.5, 0.6) is 0 Å². The normalized spacial score (nSPS) is 13.9. The van der Waals surface area contributed by atoms with E-state index in [0.717, 1.165) is 41.0 Å². The molecule has 1 N–H and O–H groups in total. The number of methoxy groups -OCH3 is 1. The lowest BCUT2D eigenvalue weighted by molar-refractivity contribution is -0.147. The molecule has 6 nitrogen and oxygen atoms in total. The lowest BCUT2D eigenvalue weighted by Crippen LogP contribution is -2.45. The first-order chi connectivity index (χ1) is 17.5. The van der Waals surface area contributed by atoms with Gasteiger partial charge < -0.3 is 15.0 Å². The molecule has 0 spiro atoms. The number of ether oxygens (including phenoxy) is 1. The number of carbonyl (C=O) groups is 3. The number of esters is 1. The van der Waals surface area contributed by atoms with Gasteiger partial charge in [-0.15, -0.1) is 0 Å². The van der Waals surface area contributed by atoms with E-state index in [1.807, 2.05) is 26.0 Å². The van der Waals surface area contributed by atoms with Crippen molar-refractivity contribution in [3.63, 3.8) is 0 Å². The summed E-state index contributed by atoms with van der Waals surface area (Å²) in [6.07, 6.45) is -4.47. The number of hydrogen-bond donors (Lipinski definition) is 1. The molecule has 0 aromatic heterocycles. The summed E-state index contributed by atoms with van der Waals surface area (Å²) in [5.41, 5.74) is 2.81. The van der Waals surface area contributed by atoms with Gasteiger partial charge in [0, 0.05) is 23.4 Å². The minimum Gasteiger partial charge on any atom is -0.467 e. The number of hydrogen-bond acceptors (Lipinski definition) is 4. The van der Waals surface area contributed by atoms with E-state index in [2.05, 4.69) is 5.32 Å². The van der Waals surface area contributed by atoms with Gasteiger partial charge in [0.15, 0.2) is 0 Å². The Bertz CT molecular complexity index is 1330. The molecule has 0 fully saturated rings. The van der Waals surface area contributed by atoms with E-state index in [1.165, 1.54) is 12.0 Å². The lowest BCUT2D eigenvalue weighted by atomic mass is 10.0. The monoisotopic (exact) mass is 510 g/mol. The van der Waals surface area contributed by atoms with Crippen LogP contribution in [0.15, 0.2) is 66.7 Å². The fourth-order valence-electron chi connectivity index (χ4n) is 4.39. The number of alkyl halides is 3. The van der Waals surface area contributed by atoms with E-state index in [4.69, 9.17) is 4.74 Å². The van der Waals surface area contributed by atoms with E-state index in [9.17, 15) is 27.6 Å². The number of nitrogens with one attached hydrogen (secondary N) is 1. The highest BCUT2D eigenvalue weighted by Crippen LogP contribution is 2.32. The molecule has 1 aliphatic rings. The van der Waals surface area contributed by atoms with Crippen molar-refractivity contribution in [1.29, 1.82) is 0 Å². The Hall–Kier alpha value is -4.14. The SMILES string of the molecule is COC(=O)[C@H](C(C)C)N1Cc2cc(-c3ccc(NC(=O)c4ccc(C(F)(F)F)cc4)cc3)ccc2C1=O. The molecular formula is C28H25F3N2O4. The summed E-state index contributed by atoms with van der Waals surface area (Å²) in [6, 6.07) is 15.7. The molecule has 3 aromatic rings. The predicted octanol–water partition coefficient (Wildman–Crippen LogP) is 5.78. The summed E-state index contributed by atoms with van der Waals surface area (Å²) in [7, 11) is 1.30. The van der Waals surface area contributed by atoms with E-state index in [0.29, 0.717) is 17.8 Å². The molecule has 0 bridgehead atoms. The zero-order valence-electron chi connectivity index (χ0n) is 20.4. The van der Waals surface area contributed by atoms with Crippen LogP contribution < -0.4 is 5.32 Å². The van der Waals surface area contributed by atoms with Crippen molar-refractivity contribution in [3.8, 4) is 11.1 Å². The summed E-state index contributed by atoms with van der Waals surface area (Å²) < 4.78 is 43.1. The highest BCUT2D eigenvalue weighted by atomic mass is 19.4. The smallest absolute Gasteiger partial charge is 0.416 e. The van der Waals surface area contributed by atoms with Gasteiger partial charge in [-0.05, 0) is 71.1 Å². The molecule has 1 heterocycles. The van der Waals surface area contributed by atoms with Crippen LogP contribution in [0.3, 0.4) is 0 Å². The molecule has 1 aliphatic heterocycles. The van der Waals surface area contributed by atoms with Gasteiger partial charge in [-0.25, -0.2) is 4.79 Å². The molecule has 3 aromatic carbocycles. The molecule has 9 heteroatoms. The zero-order valence-corrected chi connectivity index (χ0v) is 20.4. The number of nitrogens with zero attached hydrogens (tertiary/aromatic N) is 1. The van der Waals surface area contributed by atoms with Gasteiger partial charge in [-0.3, -0.25) is 9.59 Å². The number of amides is 2. The van der Waals surface area contributed by atoms with Gasteiger partial charge >= 0.3 is 12.1 Å². The maximum absolute atomic E-state index is 13.0. The second kappa shape index (κ2) is 10.1. The third-order valence-corrected chi connectivity index (χ3v) is 6.30. The van der Waals surface area contributed by atoms with Crippen molar-refractivity contribution in [1.82, 2.24) is 4.90 Å². The maximum Gasteiger partial charge on any atom is 0.416 e. The average Bonchev–Trinajstić information content (AvgIpc) is 3.18. The summed E-state index contributed by atoms with van der Waals surface area (Å²) in [6.45, 7) is 4.02. The number of anilines is 1. The summed E-state index contributed by atoms with van der Waals surface area (Å²) in [5, 5.41) is 2.67. The van der Waals surface area contributed by atoms with Crippen molar-refractivity contribution < 1.29 is 32.3 Å². The first kappa shape index (κ1) is 25.9. The standard InChI is InChI=1S/C28H25F3N2O4/c1-16(2)24(27(36)37-3)33-15-20-14-19(8-13-23(20)26(33)35)17-6-11-22(12-7-17)32-25(34)18-4-9-21(10-5-18)28(29,30)31/h4-14,16,24H,15H2,1-3H3,(H,32,34)/t24-/m0/s1. The van der Waals surface area contributed by atoms with Gasteiger partial charge in [0.1, 0.15) is 6.04 Å². The van der Waals surface area contributed by atoms with Gasteiger partial charge in [0.05, 0.1) is 12.7 Å². The van der Waals surface area contributed by atoms with Crippen LogP contribution in [-0.4, -0.2) is 35.8 Å². The highest BCUT2D eigenvalue weighted by molar-refractivity contribution is 6.04. The van der Waals surface area contributed by atoms with Crippen molar-refractivity contribution in [2.75, 3.05) is 12.4 Å². The number of rotatable bonds is 6. The number of fused-ring (bicyclic) bond motifs is 1. The topological polar surface area (TPSA) is 75.7 Å². The van der Waals surface area contributed by atoms with E-state index in [-0.39, 0.29) is 17.4 Å². The molecule has 0 saturated heterocycles. The number of carbonyl (C=O) groups excluding carboxylic acids is 3. The first-order valence-electron chi connectivity index (χ1n) is 11.6. The van der Waals surface area contributed by atoms with Crippen LogP contribution in [0, 0.1) is 5.92 Å². The minimum absolute atomic E-state index is 0.108. The van der Waals surface area contributed by atoms with Crippen molar-refractivity contribution >= 4 is 23.5 Å². The largest absolute Gasteiger partial charge is 0.467 e. The molecule has 0 unspecified atom stereocenters. The molecule has 0 radical (unpaired) electrons. The maximum atomic E-state index is 13.0. The zero-order chi connectivity index (χ0) is 26.9. The molecule has 37 heavy (non-hydrogen) atoms. The number of benzene rings is 3. The van der Waals surface area contributed by atoms with Gasteiger partial charge in [0.25, 0.3) is 11.8 Å². The predicted molar refractivity (Wildman–Crippen MR) is 132 cm³/mol. The van der Waals surface area contributed by atoms with E-state index in [1.54, 1.807) is 30.3 Å². The first-order valence-corrected chi connectivity index (χ1v) is 11.6. The van der Waals surface area contributed by atoms with Crippen LogP contribution in [0.1, 0.15) is 45.7 Å². The highest BCUT2D eigenvalue weighted by Gasteiger charge is 2.38. The Morgan fingerprint density at radius 1 is 0.946 bits per heavy atom. The van der Waals surface area contributed by atoms with Gasteiger partial charge in [-0.1, -0.05) is 32.0 Å². The van der Waals surface area contributed by atoms with Gasteiger partial charge in [-0.2, -0.15) is 13.2 Å². The van der Waals surface area contributed by atoms with E-state index < -0.39 is 29.7 Å². The van der Waals surface area contributed by atoms with Crippen molar-refractivity contribution in [3.05, 3.63) is 89.0 Å². The quantitative estimate of drug-likeness (QED) is 0.427. The second-order valence-electron chi connectivity index (χ2n) is 9.12. The minimum atomic E-state index is -4.47. The molecule has 4 rings (SSSR count). The van der Waals surface area contributed by atoms with Crippen LogP contribution >= 0.6 is 0 Å². The van der Waals surface area contributed by atoms with E-state index >= 15 is 0 Å². The lowest BCUT2D eigenvalue weighted by Gasteiger charge is -2.28. The Balaban J connectivity index is 1.48. The Kier molecular flexibility index (Phi) is 7.07. The fraction of sp³-hybridized carbons (Fsp3) is 0.250. The molecule has 192 valence electrons. The summed E-state index contributed by atoms with van der Waals surface area (Å²) in [5.74, 6) is -1.31. The molecule has 1 atom stereocenters. The summed E-state index contributed by atoms with van der Waals surface area (Å²) >= 11 is 0. The van der Waals surface area contributed by atoms with Crippen LogP contribution in [0.2, 0.25) is 0 Å². The third kappa shape index (κ3) is 5.35. The third-order valence-electron chi connectivity index (χ3n) is 6.30. The molecule has 2 amide bonds. The number of halogens is 3. The molecule has 0 saturated carbocycles.